The Kier molecular flexibility index (Phi) is 6.82. The Balaban J connectivity index is 1.24. The van der Waals surface area contributed by atoms with E-state index >= 15 is 0 Å². The number of hydrogen-bond donors (Lipinski definition) is 0. The molecule has 2 atom stereocenters. The zero-order valence-corrected chi connectivity index (χ0v) is 20.2. The minimum Gasteiger partial charge on any atom is -0.490 e. The van der Waals surface area contributed by atoms with Crippen molar-refractivity contribution in [2.75, 3.05) is 0 Å². The summed E-state index contributed by atoms with van der Waals surface area (Å²) in [5.74, 6) is 0.276. The molecular formula is C24H33BrFNO4. The Hall–Kier alpha value is -1.34. The van der Waals surface area contributed by atoms with Crippen molar-refractivity contribution in [3.8, 4) is 5.75 Å². The molecule has 3 fully saturated rings. The average Bonchev–Trinajstić information content (AvgIpc) is 2.96. The predicted octanol–water partition coefficient (Wildman–Crippen LogP) is 6.23. The molecule has 0 radical (unpaired) electrons. The van der Waals surface area contributed by atoms with Gasteiger partial charge in [0, 0.05) is 18.2 Å². The van der Waals surface area contributed by atoms with E-state index in [1.807, 2.05) is 25.7 Å². The van der Waals surface area contributed by atoms with Gasteiger partial charge in [-0.25, -0.2) is 9.18 Å². The van der Waals surface area contributed by atoms with E-state index in [4.69, 9.17) is 14.2 Å². The number of piperidine rings is 1. The molecule has 1 saturated carbocycles. The molecule has 31 heavy (non-hydrogen) atoms. The number of carbonyl (C=O) groups excluding carboxylic acids is 1. The highest BCUT2D eigenvalue weighted by Crippen LogP contribution is 2.39. The van der Waals surface area contributed by atoms with Crippen molar-refractivity contribution in [2.45, 2.75) is 108 Å². The lowest BCUT2D eigenvalue weighted by molar-refractivity contribution is -0.0813. The topological polar surface area (TPSA) is 48.0 Å². The molecule has 7 heteroatoms. The third kappa shape index (κ3) is 5.72. The fraction of sp³-hybridized carbons (Fsp3) is 0.708. The number of ether oxygens (including phenoxy) is 3. The monoisotopic (exact) mass is 497 g/mol. The normalized spacial score (nSPS) is 30.9. The van der Waals surface area contributed by atoms with Crippen LogP contribution in [0.1, 0.15) is 72.1 Å². The van der Waals surface area contributed by atoms with Gasteiger partial charge in [-0.2, -0.15) is 0 Å². The fourth-order valence-corrected chi connectivity index (χ4v) is 5.40. The predicted molar refractivity (Wildman–Crippen MR) is 120 cm³/mol. The molecule has 5 nitrogen and oxygen atoms in total. The maximum atomic E-state index is 13.7. The lowest BCUT2D eigenvalue weighted by atomic mass is 9.93. The van der Waals surface area contributed by atoms with E-state index in [9.17, 15) is 9.18 Å². The van der Waals surface area contributed by atoms with Crippen LogP contribution in [0.5, 0.6) is 5.75 Å². The minimum atomic E-state index is -0.466. The molecule has 2 aliphatic heterocycles. The van der Waals surface area contributed by atoms with Crippen LogP contribution >= 0.6 is 15.9 Å². The van der Waals surface area contributed by atoms with Crippen LogP contribution in [-0.4, -0.2) is 47.0 Å². The summed E-state index contributed by atoms with van der Waals surface area (Å²) in [6.45, 7) is 5.74. The maximum absolute atomic E-state index is 13.7. The van der Waals surface area contributed by atoms with Gasteiger partial charge in [0.05, 0.1) is 22.8 Å². The van der Waals surface area contributed by atoms with Gasteiger partial charge in [0.15, 0.2) is 0 Å². The first-order chi connectivity index (χ1) is 14.7. The lowest BCUT2D eigenvalue weighted by Gasteiger charge is -2.41. The molecule has 172 valence electrons. The van der Waals surface area contributed by atoms with Gasteiger partial charge in [-0.15, -0.1) is 0 Å². The summed E-state index contributed by atoms with van der Waals surface area (Å²) < 4.78 is 32.2. The van der Waals surface area contributed by atoms with Gasteiger partial charge in [-0.1, -0.05) is 0 Å². The van der Waals surface area contributed by atoms with Crippen molar-refractivity contribution in [3.63, 3.8) is 0 Å². The average molecular weight is 498 g/mol. The van der Waals surface area contributed by atoms with Crippen molar-refractivity contribution in [2.24, 2.45) is 0 Å². The molecule has 3 aliphatic rings. The summed E-state index contributed by atoms with van der Waals surface area (Å²) >= 11 is 3.17. The number of fused-ring (bicyclic) bond motifs is 2. The molecule has 0 spiro atoms. The second kappa shape index (κ2) is 9.26. The van der Waals surface area contributed by atoms with Gasteiger partial charge in [0.2, 0.25) is 0 Å². The molecule has 1 aliphatic carbocycles. The van der Waals surface area contributed by atoms with E-state index in [2.05, 4.69) is 15.9 Å². The summed E-state index contributed by atoms with van der Waals surface area (Å²) in [5, 5.41) is 0. The van der Waals surface area contributed by atoms with Crippen LogP contribution in [0.2, 0.25) is 0 Å². The summed E-state index contributed by atoms with van der Waals surface area (Å²) in [6, 6.07) is 5.36. The number of nitrogens with zero attached hydrogens (tertiary/aromatic N) is 1. The molecule has 2 bridgehead atoms. The van der Waals surface area contributed by atoms with E-state index in [-0.39, 0.29) is 42.3 Å². The highest BCUT2D eigenvalue weighted by atomic mass is 79.9. The number of carbonyl (C=O) groups is 1. The van der Waals surface area contributed by atoms with Crippen molar-refractivity contribution in [1.82, 2.24) is 4.90 Å². The zero-order chi connectivity index (χ0) is 22.2. The minimum absolute atomic E-state index is 0.102. The van der Waals surface area contributed by atoms with Gasteiger partial charge in [0.25, 0.3) is 0 Å². The summed E-state index contributed by atoms with van der Waals surface area (Å²) in [6.07, 6.45) is 7.94. The molecule has 1 aromatic carbocycles. The van der Waals surface area contributed by atoms with Crippen molar-refractivity contribution in [1.29, 1.82) is 0 Å². The number of amides is 1. The standard InChI is InChI=1S/C24H33BrFNO4/c1-24(2,3)31-23(28)27-15-4-5-16(27)13-20(12-15)30-18-8-6-17(7-9-18)29-19-10-11-21(25)22(26)14-19/h10-11,14-18,20H,4-9,12-13H2,1-3H3/t15-,16-,17?,18?/m0/s1. The second-order valence-corrected chi connectivity index (χ2v) is 10.9. The highest BCUT2D eigenvalue weighted by Gasteiger charge is 2.45. The summed E-state index contributed by atoms with van der Waals surface area (Å²) in [4.78, 5) is 14.6. The molecule has 0 unspecified atom stereocenters. The van der Waals surface area contributed by atoms with Crippen molar-refractivity contribution < 1.29 is 23.4 Å². The van der Waals surface area contributed by atoms with Gasteiger partial charge in [-0.05, 0) is 100 Å². The first-order valence-corrected chi connectivity index (χ1v) is 12.3. The Bertz CT molecular complexity index is 776. The smallest absolute Gasteiger partial charge is 0.410 e. The van der Waals surface area contributed by atoms with Gasteiger partial charge >= 0.3 is 6.09 Å². The van der Waals surface area contributed by atoms with Gasteiger partial charge in [0.1, 0.15) is 17.2 Å². The fourth-order valence-electron chi connectivity index (χ4n) is 5.15. The molecular weight excluding hydrogens is 465 g/mol. The summed E-state index contributed by atoms with van der Waals surface area (Å²) in [7, 11) is 0. The molecule has 0 N–H and O–H groups in total. The Labute approximate surface area is 192 Å². The van der Waals surface area contributed by atoms with Crippen LogP contribution in [0, 0.1) is 5.82 Å². The Morgan fingerprint density at radius 1 is 1.00 bits per heavy atom. The molecule has 4 rings (SSSR count). The van der Waals surface area contributed by atoms with Crippen molar-refractivity contribution in [3.05, 3.63) is 28.5 Å². The molecule has 2 heterocycles. The number of benzene rings is 1. The molecule has 1 amide bonds. The van der Waals surface area contributed by atoms with E-state index in [0.717, 1.165) is 51.4 Å². The first-order valence-electron chi connectivity index (χ1n) is 11.5. The van der Waals surface area contributed by atoms with E-state index in [1.165, 1.54) is 6.07 Å². The van der Waals surface area contributed by atoms with Crippen LogP contribution in [0.15, 0.2) is 22.7 Å². The largest absolute Gasteiger partial charge is 0.490 e. The number of hydrogen-bond acceptors (Lipinski definition) is 4. The molecule has 0 aromatic heterocycles. The van der Waals surface area contributed by atoms with Crippen LogP contribution in [0.4, 0.5) is 9.18 Å². The Morgan fingerprint density at radius 2 is 1.61 bits per heavy atom. The molecule has 2 saturated heterocycles. The lowest BCUT2D eigenvalue weighted by Crippen LogP contribution is -2.50. The summed E-state index contributed by atoms with van der Waals surface area (Å²) in [5.41, 5.74) is -0.466. The zero-order valence-electron chi connectivity index (χ0n) is 18.6. The third-order valence-corrected chi connectivity index (χ3v) is 7.14. The van der Waals surface area contributed by atoms with E-state index < -0.39 is 5.60 Å². The highest BCUT2D eigenvalue weighted by molar-refractivity contribution is 9.10. The maximum Gasteiger partial charge on any atom is 0.410 e. The van der Waals surface area contributed by atoms with Crippen molar-refractivity contribution >= 4 is 22.0 Å². The Morgan fingerprint density at radius 3 is 2.19 bits per heavy atom. The third-order valence-electron chi connectivity index (χ3n) is 6.49. The van der Waals surface area contributed by atoms with E-state index in [1.54, 1.807) is 12.1 Å². The van der Waals surface area contributed by atoms with Crippen LogP contribution in [0.25, 0.3) is 0 Å². The number of halogens is 2. The SMILES string of the molecule is CC(C)(C)OC(=O)N1[C@H]2CC[C@H]1CC(OC1CCC(Oc3ccc(Br)c(F)c3)CC1)C2. The second-order valence-electron chi connectivity index (χ2n) is 10.1. The number of rotatable bonds is 4. The van der Waals surface area contributed by atoms with E-state index in [0.29, 0.717) is 10.2 Å². The van der Waals surface area contributed by atoms with Gasteiger partial charge in [-0.3, -0.25) is 0 Å². The quantitative estimate of drug-likeness (QED) is 0.494. The van der Waals surface area contributed by atoms with Crippen LogP contribution in [-0.2, 0) is 9.47 Å². The molecule has 1 aromatic rings. The first kappa shape index (κ1) is 22.8. The van der Waals surface area contributed by atoms with Gasteiger partial charge < -0.3 is 19.1 Å². The van der Waals surface area contributed by atoms with Crippen LogP contribution < -0.4 is 4.74 Å². The van der Waals surface area contributed by atoms with Crippen LogP contribution in [0.3, 0.4) is 0 Å².